The van der Waals surface area contributed by atoms with Crippen molar-refractivity contribution in [2.24, 2.45) is 4.99 Å². The van der Waals surface area contributed by atoms with Crippen LogP contribution in [0.5, 0.6) is 0 Å². The van der Waals surface area contributed by atoms with Crippen LogP contribution in [-0.4, -0.2) is 21.2 Å². The molecule has 0 aliphatic carbocycles. The number of rotatable bonds is 0. The second kappa shape index (κ2) is 5.01. The average molecular weight is 287 g/mol. The standard InChI is InChI=1S/C17H13N5/c18-16-14-9-13(22-17(14)21-10-20-16)5-3-11-4-6-15-12(8-11)2-1-7-19-15/h4,6-10H,1-2H2,(H3,18,20,21,22). The first-order valence-electron chi connectivity index (χ1n) is 7.06. The minimum atomic E-state index is 0.459. The van der Waals surface area contributed by atoms with Crippen LogP contribution in [0.4, 0.5) is 11.5 Å². The van der Waals surface area contributed by atoms with Gasteiger partial charge in [0.1, 0.15) is 17.8 Å². The number of nitrogens with one attached hydrogen (secondary N) is 1. The van der Waals surface area contributed by atoms with Gasteiger partial charge in [-0.2, -0.15) is 0 Å². The topological polar surface area (TPSA) is 80.0 Å². The van der Waals surface area contributed by atoms with Gasteiger partial charge in [0, 0.05) is 11.8 Å². The van der Waals surface area contributed by atoms with Gasteiger partial charge < -0.3 is 10.7 Å². The zero-order valence-electron chi connectivity index (χ0n) is 11.8. The molecule has 0 saturated heterocycles. The van der Waals surface area contributed by atoms with Crippen molar-refractivity contribution < 1.29 is 0 Å². The molecule has 106 valence electrons. The van der Waals surface area contributed by atoms with E-state index in [1.807, 2.05) is 24.4 Å². The summed E-state index contributed by atoms with van der Waals surface area (Å²) in [6, 6.07) is 7.99. The van der Waals surface area contributed by atoms with Gasteiger partial charge in [-0.1, -0.05) is 5.92 Å². The van der Waals surface area contributed by atoms with Crippen molar-refractivity contribution in [2.45, 2.75) is 12.8 Å². The van der Waals surface area contributed by atoms with E-state index >= 15 is 0 Å². The second-order valence-electron chi connectivity index (χ2n) is 5.15. The lowest BCUT2D eigenvalue weighted by atomic mass is 10.0. The molecule has 3 aromatic rings. The normalized spacial score (nSPS) is 12.7. The Balaban J connectivity index is 1.70. The van der Waals surface area contributed by atoms with E-state index in [0.717, 1.165) is 35.2 Å². The van der Waals surface area contributed by atoms with Crippen molar-refractivity contribution >= 4 is 28.8 Å². The number of aliphatic imine (C=N–C) groups is 1. The number of aromatic amines is 1. The monoisotopic (exact) mass is 287 g/mol. The highest BCUT2D eigenvalue weighted by Gasteiger charge is 2.06. The van der Waals surface area contributed by atoms with Gasteiger partial charge in [-0.15, -0.1) is 0 Å². The number of anilines is 1. The van der Waals surface area contributed by atoms with Crippen LogP contribution in [0.2, 0.25) is 0 Å². The molecule has 1 aliphatic heterocycles. The number of aryl methyl sites for hydroxylation is 1. The Morgan fingerprint density at radius 3 is 3.00 bits per heavy atom. The van der Waals surface area contributed by atoms with E-state index < -0.39 is 0 Å². The molecule has 0 atom stereocenters. The Kier molecular flexibility index (Phi) is 2.87. The number of hydrogen-bond acceptors (Lipinski definition) is 4. The maximum Gasteiger partial charge on any atom is 0.143 e. The molecule has 22 heavy (non-hydrogen) atoms. The van der Waals surface area contributed by atoms with Gasteiger partial charge in [-0.05, 0) is 48.6 Å². The Morgan fingerprint density at radius 2 is 2.09 bits per heavy atom. The second-order valence-corrected chi connectivity index (χ2v) is 5.15. The van der Waals surface area contributed by atoms with E-state index in [1.54, 1.807) is 0 Å². The lowest BCUT2D eigenvalue weighted by molar-refractivity contribution is 1.03. The summed E-state index contributed by atoms with van der Waals surface area (Å²) >= 11 is 0. The van der Waals surface area contributed by atoms with Crippen molar-refractivity contribution in [1.29, 1.82) is 0 Å². The fourth-order valence-electron chi connectivity index (χ4n) is 2.54. The van der Waals surface area contributed by atoms with Gasteiger partial charge in [0.25, 0.3) is 0 Å². The molecule has 1 aromatic carbocycles. The summed E-state index contributed by atoms with van der Waals surface area (Å²) < 4.78 is 0. The molecule has 0 bridgehead atoms. The summed E-state index contributed by atoms with van der Waals surface area (Å²) in [5.41, 5.74) is 10.6. The zero-order chi connectivity index (χ0) is 14.9. The number of benzene rings is 1. The molecular formula is C17H13N5. The van der Waals surface area contributed by atoms with E-state index in [2.05, 4.69) is 37.9 Å². The van der Waals surface area contributed by atoms with Crippen LogP contribution in [0.15, 0.2) is 35.6 Å². The third kappa shape index (κ3) is 2.21. The first-order valence-corrected chi connectivity index (χ1v) is 7.06. The molecule has 0 saturated carbocycles. The predicted octanol–water partition coefficient (Wildman–Crippen LogP) is 2.59. The largest absolute Gasteiger partial charge is 0.383 e. The smallest absolute Gasteiger partial charge is 0.143 e. The third-order valence-electron chi connectivity index (χ3n) is 3.65. The number of aromatic nitrogens is 3. The highest BCUT2D eigenvalue weighted by molar-refractivity contribution is 5.87. The number of nitrogens with zero attached hydrogens (tertiary/aromatic N) is 3. The van der Waals surface area contributed by atoms with E-state index in [9.17, 15) is 0 Å². The lowest BCUT2D eigenvalue weighted by Gasteiger charge is -2.08. The highest BCUT2D eigenvalue weighted by atomic mass is 15.0. The van der Waals surface area contributed by atoms with E-state index in [4.69, 9.17) is 5.73 Å². The fourth-order valence-corrected chi connectivity index (χ4v) is 2.54. The van der Waals surface area contributed by atoms with Crippen LogP contribution in [0.25, 0.3) is 11.0 Å². The summed E-state index contributed by atoms with van der Waals surface area (Å²) in [6.45, 7) is 0. The molecular weight excluding hydrogens is 274 g/mol. The van der Waals surface area contributed by atoms with Crippen LogP contribution in [-0.2, 0) is 6.42 Å². The SMILES string of the molecule is Nc1ncnc2[nH]c(C#Cc3ccc4c(c3)CCC=N4)cc12. The summed E-state index contributed by atoms with van der Waals surface area (Å²) in [5.74, 6) is 6.75. The number of nitrogens with two attached hydrogens (primary N) is 1. The van der Waals surface area contributed by atoms with Gasteiger partial charge >= 0.3 is 0 Å². The number of H-pyrrole nitrogens is 1. The first-order chi connectivity index (χ1) is 10.8. The summed E-state index contributed by atoms with van der Waals surface area (Å²) in [6.07, 6.45) is 5.41. The lowest BCUT2D eigenvalue weighted by Crippen LogP contribution is -1.94. The highest BCUT2D eigenvalue weighted by Crippen LogP contribution is 2.24. The maximum absolute atomic E-state index is 5.82. The van der Waals surface area contributed by atoms with Crippen molar-refractivity contribution in [3.63, 3.8) is 0 Å². The number of fused-ring (bicyclic) bond motifs is 2. The molecule has 0 fully saturated rings. The maximum atomic E-state index is 5.82. The molecule has 5 heteroatoms. The summed E-state index contributed by atoms with van der Waals surface area (Å²) in [4.78, 5) is 15.6. The molecule has 3 N–H and O–H groups in total. The van der Waals surface area contributed by atoms with Gasteiger partial charge in [-0.3, -0.25) is 4.99 Å². The molecule has 1 aliphatic rings. The van der Waals surface area contributed by atoms with Gasteiger partial charge in [-0.25, -0.2) is 9.97 Å². The Bertz CT molecular complexity index is 956. The zero-order valence-corrected chi connectivity index (χ0v) is 11.8. The molecule has 2 aromatic heterocycles. The Morgan fingerprint density at radius 1 is 1.14 bits per heavy atom. The minimum absolute atomic E-state index is 0.459. The fraction of sp³-hybridized carbons (Fsp3) is 0.118. The van der Waals surface area contributed by atoms with Crippen molar-refractivity contribution in [2.75, 3.05) is 5.73 Å². The Labute approximate surface area is 127 Å². The van der Waals surface area contributed by atoms with E-state index in [0.29, 0.717) is 11.5 Å². The number of hydrogen-bond donors (Lipinski definition) is 2. The van der Waals surface area contributed by atoms with E-state index in [1.165, 1.54) is 11.9 Å². The quantitative estimate of drug-likeness (QED) is 0.624. The van der Waals surface area contributed by atoms with E-state index in [-0.39, 0.29) is 0 Å². The molecule has 5 nitrogen and oxygen atoms in total. The number of nitrogen functional groups attached to an aromatic ring is 1. The van der Waals surface area contributed by atoms with Gasteiger partial charge in [0.15, 0.2) is 0 Å². The van der Waals surface area contributed by atoms with Crippen LogP contribution >= 0.6 is 0 Å². The van der Waals surface area contributed by atoms with Crippen LogP contribution in [0.1, 0.15) is 23.2 Å². The van der Waals surface area contributed by atoms with Gasteiger partial charge in [0.2, 0.25) is 0 Å². The Hall–Kier alpha value is -3.13. The van der Waals surface area contributed by atoms with Crippen LogP contribution in [0.3, 0.4) is 0 Å². The van der Waals surface area contributed by atoms with Crippen molar-refractivity contribution in [3.8, 4) is 11.8 Å². The molecule has 4 rings (SSSR count). The summed E-state index contributed by atoms with van der Waals surface area (Å²) in [5, 5.41) is 0.798. The average Bonchev–Trinajstić information content (AvgIpc) is 2.97. The molecule has 3 heterocycles. The van der Waals surface area contributed by atoms with Gasteiger partial charge in [0.05, 0.1) is 16.8 Å². The molecule has 0 unspecified atom stereocenters. The molecule has 0 amide bonds. The van der Waals surface area contributed by atoms with Crippen molar-refractivity contribution in [3.05, 3.63) is 47.4 Å². The molecule has 0 radical (unpaired) electrons. The molecule has 0 spiro atoms. The van der Waals surface area contributed by atoms with Crippen LogP contribution < -0.4 is 5.73 Å². The third-order valence-corrected chi connectivity index (χ3v) is 3.65. The minimum Gasteiger partial charge on any atom is -0.383 e. The first kappa shape index (κ1) is 12.6. The van der Waals surface area contributed by atoms with Crippen LogP contribution in [0, 0.1) is 11.8 Å². The van der Waals surface area contributed by atoms with Crippen molar-refractivity contribution in [1.82, 2.24) is 15.0 Å². The predicted molar refractivity (Wildman–Crippen MR) is 87.2 cm³/mol. The summed E-state index contributed by atoms with van der Waals surface area (Å²) in [7, 11) is 0.